The summed E-state index contributed by atoms with van der Waals surface area (Å²) in [6, 6.07) is 0. The molecule has 0 aliphatic heterocycles. The number of aromatic nitrogens is 1. The summed E-state index contributed by atoms with van der Waals surface area (Å²) in [5.41, 5.74) is -2.52. The van der Waals surface area contributed by atoms with Crippen LogP contribution in [0, 0.1) is 0 Å². The minimum atomic E-state index is -3.05. The Bertz CT molecular complexity index is 459. The zero-order chi connectivity index (χ0) is 12.3. The number of aromatic amines is 1. The van der Waals surface area contributed by atoms with Gasteiger partial charge in [0, 0.05) is 6.20 Å². The van der Waals surface area contributed by atoms with Crippen molar-refractivity contribution in [1.82, 2.24) is 4.98 Å². The van der Waals surface area contributed by atoms with E-state index in [9.17, 15) is 18.4 Å². The van der Waals surface area contributed by atoms with Crippen molar-refractivity contribution in [1.29, 1.82) is 0 Å². The number of ether oxygens (including phenoxy) is 1. The average molecular weight is 252 g/mol. The van der Waals surface area contributed by atoms with E-state index in [2.05, 4.69) is 9.72 Å². The van der Waals surface area contributed by atoms with Crippen LogP contribution < -0.4 is 5.43 Å². The molecule has 0 saturated carbocycles. The molecule has 0 aliphatic carbocycles. The molecule has 1 N–H and O–H groups in total. The molecule has 4 nitrogen and oxygen atoms in total. The van der Waals surface area contributed by atoms with E-state index in [1.54, 1.807) is 0 Å². The number of carbonyl (C=O) groups is 1. The van der Waals surface area contributed by atoms with Crippen LogP contribution >= 0.6 is 11.6 Å². The van der Waals surface area contributed by atoms with Gasteiger partial charge < -0.3 is 9.72 Å². The van der Waals surface area contributed by atoms with E-state index in [1.807, 2.05) is 0 Å². The molecule has 1 heterocycles. The quantitative estimate of drug-likeness (QED) is 0.661. The Morgan fingerprint density at radius 1 is 1.62 bits per heavy atom. The Balaban J connectivity index is 3.29. The first-order valence-electron chi connectivity index (χ1n) is 4.35. The van der Waals surface area contributed by atoms with Crippen LogP contribution in [0.25, 0.3) is 0 Å². The van der Waals surface area contributed by atoms with Gasteiger partial charge in [0.15, 0.2) is 0 Å². The molecule has 1 aromatic heterocycles. The van der Waals surface area contributed by atoms with Crippen molar-refractivity contribution in [3.8, 4) is 0 Å². The van der Waals surface area contributed by atoms with Crippen LogP contribution in [0.1, 0.15) is 29.3 Å². The Morgan fingerprint density at radius 3 is 2.75 bits per heavy atom. The number of hydrogen-bond donors (Lipinski definition) is 1. The molecule has 0 spiro atoms. The molecule has 0 bridgehead atoms. The maximum atomic E-state index is 12.5. The summed E-state index contributed by atoms with van der Waals surface area (Å²) in [6.45, 7) is 1.58. The Morgan fingerprint density at radius 2 is 2.25 bits per heavy atom. The van der Waals surface area contributed by atoms with Crippen LogP contribution in [-0.2, 0) is 4.74 Å². The highest BCUT2D eigenvalue weighted by Crippen LogP contribution is 2.21. The van der Waals surface area contributed by atoms with E-state index in [-0.39, 0.29) is 6.61 Å². The summed E-state index contributed by atoms with van der Waals surface area (Å²) in [4.78, 5) is 24.9. The van der Waals surface area contributed by atoms with Crippen molar-refractivity contribution in [3.05, 3.63) is 32.7 Å². The van der Waals surface area contributed by atoms with Gasteiger partial charge in [-0.05, 0) is 6.92 Å². The molecule has 0 amide bonds. The molecule has 0 aromatic carbocycles. The number of esters is 1. The van der Waals surface area contributed by atoms with E-state index in [1.165, 1.54) is 6.92 Å². The summed E-state index contributed by atoms with van der Waals surface area (Å²) < 4.78 is 29.5. The van der Waals surface area contributed by atoms with Gasteiger partial charge in [-0.3, -0.25) is 4.79 Å². The van der Waals surface area contributed by atoms with Gasteiger partial charge in [-0.1, -0.05) is 11.6 Å². The molecule has 0 fully saturated rings. The van der Waals surface area contributed by atoms with Crippen LogP contribution in [0.5, 0.6) is 0 Å². The van der Waals surface area contributed by atoms with Crippen molar-refractivity contribution in [2.24, 2.45) is 0 Å². The lowest BCUT2D eigenvalue weighted by atomic mass is 10.2. The van der Waals surface area contributed by atoms with Gasteiger partial charge in [0.25, 0.3) is 6.43 Å². The average Bonchev–Trinajstić information content (AvgIpc) is 2.17. The third kappa shape index (κ3) is 2.38. The number of hydrogen-bond acceptors (Lipinski definition) is 3. The first-order chi connectivity index (χ1) is 7.49. The van der Waals surface area contributed by atoms with Crippen LogP contribution in [0.2, 0.25) is 5.15 Å². The predicted octanol–water partition coefficient (Wildman–Crippen LogP) is 2.14. The molecule has 0 radical (unpaired) electrons. The number of halogens is 3. The minimum Gasteiger partial charge on any atom is -0.462 e. The summed E-state index contributed by atoms with van der Waals surface area (Å²) in [7, 11) is 0. The molecule has 88 valence electrons. The zero-order valence-corrected chi connectivity index (χ0v) is 8.98. The molecule has 1 rings (SSSR count). The molecule has 0 atom stereocenters. The van der Waals surface area contributed by atoms with E-state index < -0.39 is 34.1 Å². The third-order valence-corrected chi connectivity index (χ3v) is 2.10. The van der Waals surface area contributed by atoms with Crippen molar-refractivity contribution >= 4 is 17.6 Å². The second kappa shape index (κ2) is 5.07. The second-order valence-corrected chi connectivity index (χ2v) is 3.16. The summed E-state index contributed by atoms with van der Waals surface area (Å²) >= 11 is 5.39. The summed E-state index contributed by atoms with van der Waals surface area (Å²) in [6.07, 6.45) is -2.10. The number of nitrogens with one attached hydrogen (secondary N) is 1. The molecule has 0 unspecified atom stereocenters. The number of H-pyrrole nitrogens is 1. The largest absolute Gasteiger partial charge is 0.462 e. The third-order valence-electron chi connectivity index (χ3n) is 1.78. The smallest absolute Gasteiger partial charge is 0.343 e. The molecule has 1 aromatic rings. The number of carbonyl (C=O) groups excluding carboxylic acids is 1. The number of rotatable bonds is 3. The van der Waals surface area contributed by atoms with Gasteiger partial charge in [-0.2, -0.15) is 0 Å². The van der Waals surface area contributed by atoms with Crippen LogP contribution in [0.3, 0.4) is 0 Å². The van der Waals surface area contributed by atoms with Gasteiger partial charge in [0.2, 0.25) is 5.43 Å². The second-order valence-electron chi connectivity index (χ2n) is 2.78. The van der Waals surface area contributed by atoms with E-state index in [0.29, 0.717) is 0 Å². The Labute approximate surface area is 94.2 Å². The first-order valence-corrected chi connectivity index (χ1v) is 4.73. The lowest BCUT2D eigenvalue weighted by molar-refractivity contribution is 0.0523. The lowest BCUT2D eigenvalue weighted by Gasteiger charge is -2.05. The molecule has 0 aliphatic rings. The van der Waals surface area contributed by atoms with Crippen molar-refractivity contribution in [2.45, 2.75) is 13.3 Å². The highest BCUT2D eigenvalue weighted by atomic mass is 35.5. The van der Waals surface area contributed by atoms with E-state index >= 15 is 0 Å². The van der Waals surface area contributed by atoms with Gasteiger partial charge in [-0.15, -0.1) is 0 Å². The van der Waals surface area contributed by atoms with Crippen LogP contribution in [-0.4, -0.2) is 17.6 Å². The topological polar surface area (TPSA) is 59.2 Å². The van der Waals surface area contributed by atoms with Crippen molar-refractivity contribution in [3.63, 3.8) is 0 Å². The zero-order valence-electron chi connectivity index (χ0n) is 8.22. The SMILES string of the molecule is CCOC(=O)c1c[nH]c(Cl)c(C(F)F)c1=O. The minimum absolute atomic E-state index is 0.0465. The molecular weight excluding hydrogens is 244 g/mol. The molecular formula is C9H8ClF2NO3. The monoisotopic (exact) mass is 251 g/mol. The predicted molar refractivity (Wildman–Crippen MR) is 53.0 cm³/mol. The highest BCUT2D eigenvalue weighted by molar-refractivity contribution is 6.30. The fourth-order valence-corrected chi connectivity index (χ4v) is 1.30. The van der Waals surface area contributed by atoms with E-state index in [4.69, 9.17) is 11.6 Å². The molecule has 7 heteroatoms. The van der Waals surface area contributed by atoms with Gasteiger partial charge >= 0.3 is 5.97 Å². The first kappa shape index (κ1) is 12.6. The number of pyridine rings is 1. The normalized spacial score (nSPS) is 10.6. The van der Waals surface area contributed by atoms with Gasteiger partial charge in [-0.25, -0.2) is 13.6 Å². The Hall–Kier alpha value is -1.43. The maximum absolute atomic E-state index is 12.5. The fourth-order valence-electron chi connectivity index (χ4n) is 1.08. The maximum Gasteiger partial charge on any atom is 0.343 e. The molecule has 0 saturated heterocycles. The summed E-state index contributed by atoms with van der Waals surface area (Å²) in [5, 5.41) is -0.479. The highest BCUT2D eigenvalue weighted by Gasteiger charge is 2.22. The Kier molecular flexibility index (Phi) is 4.00. The van der Waals surface area contributed by atoms with Crippen molar-refractivity contribution in [2.75, 3.05) is 6.61 Å². The van der Waals surface area contributed by atoms with Crippen molar-refractivity contribution < 1.29 is 18.3 Å². The number of alkyl halides is 2. The van der Waals surface area contributed by atoms with E-state index in [0.717, 1.165) is 6.20 Å². The molecule has 16 heavy (non-hydrogen) atoms. The lowest BCUT2D eigenvalue weighted by Crippen LogP contribution is -2.22. The van der Waals surface area contributed by atoms with Crippen LogP contribution in [0.4, 0.5) is 8.78 Å². The standard InChI is InChI=1S/C9H8ClF2NO3/c1-2-16-9(15)4-3-13-7(10)5(6(4)14)8(11)12/h3,8H,2H2,1H3,(H,13,14). The fraction of sp³-hybridized carbons (Fsp3) is 0.333. The van der Waals surface area contributed by atoms with Gasteiger partial charge in [0.05, 0.1) is 6.61 Å². The van der Waals surface area contributed by atoms with Crippen LogP contribution in [0.15, 0.2) is 11.0 Å². The van der Waals surface area contributed by atoms with Gasteiger partial charge in [0.1, 0.15) is 16.3 Å². The summed E-state index contributed by atoms with van der Waals surface area (Å²) in [5.74, 6) is -0.956.